The maximum absolute atomic E-state index is 13.3. The van der Waals surface area contributed by atoms with Crippen LogP contribution in [0.4, 0.5) is 5.69 Å². The maximum atomic E-state index is 13.3. The second-order valence-corrected chi connectivity index (χ2v) is 10.0. The quantitative estimate of drug-likeness (QED) is 0.580. The van der Waals surface area contributed by atoms with Crippen molar-refractivity contribution in [3.05, 3.63) is 88.3 Å². The summed E-state index contributed by atoms with van der Waals surface area (Å²) in [7, 11) is 1.39. The Hall–Kier alpha value is -3.34. The number of ether oxygens (including phenoxy) is 1. The number of methoxy groups -OCH3 is 1. The van der Waals surface area contributed by atoms with Crippen LogP contribution in [0.5, 0.6) is 0 Å². The second kappa shape index (κ2) is 9.49. The van der Waals surface area contributed by atoms with Crippen LogP contribution >= 0.6 is 0 Å². The zero-order chi connectivity index (χ0) is 24.5. The number of dihydropyridines is 1. The molecule has 1 unspecified atom stereocenters. The van der Waals surface area contributed by atoms with Gasteiger partial charge in [0.2, 0.25) is 0 Å². The van der Waals surface area contributed by atoms with E-state index in [1.54, 1.807) is 0 Å². The van der Waals surface area contributed by atoms with Gasteiger partial charge in [0.05, 0.1) is 12.7 Å². The third kappa shape index (κ3) is 4.65. The predicted molar refractivity (Wildman–Crippen MR) is 135 cm³/mol. The smallest absolute Gasteiger partial charge is 0.336 e. The number of carbonyl (C=O) groups excluding carboxylic acids is 2. The van der Waals surface area contributed by atoms with E-state index in [2.05, 4.69) is 67.4 Å². The van der Waals surface area contributed by atoms with Crippen LogP contribution in [0.2, 0.25) is 0 Å². The average Bonchev–Trinajstić information content (AvgIpc) is 2.81. The molecule has 5 heteroatoms. The van der Waals surface area contributed by atoms with E-state index in [4.69, 9.17) is 4.74 Å². The zero-order valence-corrected chi connectivity index (χ0v) is 20.8. The van der Waals surface area contributed by atoms with Crippen molar-refractivity contribution in [3.63, 3.8) is 0 Å². The van der Waals surface area contributed by atoms with Gasteiger partial charge in [0.1, 0.15) is 0 Å². The minimum atomic E-state index is -0.425. The van der Waals surface area contributed by atoms with Crippen LogP contribution in [0.1, 0.15) is 57.6 Å². The predicted octanol–water partition coefficient (Wildman–Crippen LogP) is 5.49. The van der Waals surface area contributed by atoms with E-state index in [1.807, 2.05) is 25.1 Å². The first-order chi connectivity index (χ1) is 16.2. The van der Waals surface area contributed by atoms with E-state index in [9.17, 15) is 9.59 Å². The van der Waals surface area contributed by atoms with Gasteiger partial charge in [0, 0.05) is 48.1 Å². The lowest BCUT2D eigenvalue weighted by atomic mass is 9.68. The van der Waals surface area contributed by atoms with Crippen LogP contribution in [-0.2, 0) is 20.9 Å². The maximum Gasteiger partial charge on any atom is 0.336 e. The van der Waals surface area contributed by atoms with Gasteiger partial charge in [0.15, 0.2) is 5.78 Å². The highest BCUT2D eigenvalue weighted by molar-refractivity contribution is 6.04. The molecule has 0 saturated heterocycles. The lowest BCUT2D eigenvalue weighted by molar-refractivity contribution is -0.136. The van der Waals surface area contributed by atoms with Gasteiger partial charge in [-0.15, -0.1) is 0 Å². The molecule has 0 saturated carbocycles. The topological polar surface area (TPSA) is 58.6 Å². The summed E-state index contributed by atoms with van der Waals surface area (Å²) in [6.07, 6.45) is 1.24. The number of nitrogens with zero attached hydrogens (tertiary/aromatic N) is 1. The van der Waals surface area contributed by atoms with Crippen LogP contribution in [0, 0.1) is 5.41 Å². The minimum Gasteiger partial charge on any atom is -0.466 e. The van der Waals surface area contributed by atoms with Gasteiger partial charge < -0.3 is 15.0 Å². The summed E-state index contributed by atoms with van der Waals surface area (Å²) in [5.41, 5.74) is 6.08. The van der Waals surface area contributed by atoms with Crippen molar-refractivity contribution >= 4 is 17.4 Å². The van der Waals surface area contributed by atoms with Crippen LogP contribution in [0.25, 0.3) is 0 Å². The second-order valence-electron chi connectivity index (χ2n) is 10.0. The molecule has 1 N–H and O–H groups in total. The Kier molecular flexibility index (Phi) is 6.65. The normalized spacial score (nSPS) is 19.4. The summed E-state index contributed by atoms with van der Waals surface area (Å²) in [5, 5.41) is 3.36. The van der Waals surface area contributed by atoms with E-state index in [0.717, 1.165) is 42.2 Å². The molecule has 2 aromatic carbocycles. The van der Waals surface area contributed by atoms with Crippen LogP contribution in [0.15, 0.2) is 77.1 Å². The number of anilines is 1. The molecule has 2 aromatic rings. The first-order valence-electron chi connectivity index (χ1n) is 11.9. The molecule has 1 aliphatic heterocycles. The Morgan fingerprint density at radius 3 is 2.38 bits per heavy atom. The standard InChI is InChI=1S/C29H34N2O3/c1-6-31(18-20-10-8-7-9-11-20)22-14-12-21(13-15-22)26-25(28(33)34-5)19(2)30-23-16-29(3,4)17-24(32)27(23)26/h7-15,26,30H,6,16-18H2,1-5H3. The zero-order valence-electron chi connectivity index (χ0n) is 20.8. The number of esters is 1. The molecule has 1 aliphatic carbocycles. The van der Waals surface area contributed by atoms with Gasteiger partial charge in [-0.1, -0.05) is 56.3 Å². The summed E-state index contributed by atoms with van der Waals surface area (Å²) in [4.78, 5) is 28.5. The molecular formula is C29H34N2O3. The number of hydrogen-bond acceptors (Lipinski definition) is 5. The summed E-state index contributed by atoms with van der Waals surface area (Å²) in [6, 6.07) is 18.7. The SMILES string of the molecule is CCN(Cc1ccccc1)c1ccc(C2C(C(=O)OC)=C(C)NC3=C2C(=O)CC(C)(C)C3)cc1. The fourth-order valence-electron chi connectivity index (χ4n) is 5.22. The first-order valence-corrected chi connectivity index (χ1v) is 11.9. The van der Waals surface area contributed by atoms with Crippen molar-refractivity contribution in [1.82, 2.24) is 5.32 Å². The molecular weight excluding hydrogens is 424 g/mol. The van der Waals surface area contributed by atoms with Crippen molar-refractivity contribution < 1.29 is 14.3 Å². The van der Waals surface area contributed by atoms with E-state index >= 15 is 0 Å². The number of ketones is 1. The van der Waals surface area contributed by atoms with Crippen molar-refractivity contribution in [2.45, 2.75) is 53.0 Å². The van der Waals surface area contributed by atoms with E-state index in [0.29, 0.717) is 17.6 Å². The minimum absolute atomic E-state index is 0.0981. The molecule has 2 aliphatic rings. The molecule has 0 bridgehead atoms. The van der Waals surface area contributed by atoms with Gasteiger partial charge in [-0.2, -0.15) is 0 Å². The molecule has 0 aromatic heterocycles. The lowest BCUT2D eigenvalue weighted by Gasteiger charge is -2.39. The van der Waals surface area contributed by atoms with E-state index < -0.39 is 11.9 Å². The number of hydrogen-bond donors (Lipinski definition) is 1. The summed E-state index contributed by atoms with van der Waals surface area (Å²) in [6.45, 7) is 9.95. The number of rotatable bonds is 6. The number of carbonyl (C=O) groups is 2. The molecule has 0 amide bonds. The van der Waals surface area contributed by atoms with Crippen molar-refractivity contribution in [3.8, 4) is 0 Å². The number of Topliss-reactive ketones (excluding diaryl/α,β-unsaturated/α-hetero) is 1. The molecule has 0 radical (unpaired) electrons. The van der Waals surface area contributed by atoms with Gasteiger partial charge >= 0.3 is 5.97 Å². The molecule has 178 valence electrons. The summed E-state index contributed by atoms with van der Waals surface area (Å²) in [5.74, 6) is -0.728. The monoisotopic (exact) mass is 458 g/mol. The van der Waals surface area contributed by atoms with Gasteiger partial charge in [0.25, 0.3) is 0 Å². The van der Waals surface area contributed by atoms with Gasteiger partial charge in [-0.05, 0) is 48.9 Å². The van der Waals surface area contributed by atoms with Crippen LogP contribution in [0.3, 0.4) is 0 Å². The van der Waals surface area contributed by atoms with Crippen molar-refractivity contribution in [2.24, 2.45) is 5.41 Å². The fraction of sp³-hybridized carbons (Fsp3) is 0.379. The van der Waals surface area contributed by atoms with Crippen LogP contribution in [-0.4, -0.2) is 25.4 Å². The Morgan fingerprint density at radius 1 is 1.09 bits per heavy atom. The highest BCUT2D eigenvalue weighted by Crippen LogP contribution is 2.46. The molecule has 34 heavy (non-hydrogen) atoms. The summed E-state index contributed by atoms with van der Waals surface area (Å²) < 4.78 is 5.13. The first kappa shape index (κ1) is 23.8. The number of benzene rings is 2. The number of nitrogens with one attached hydrogen (secondary N) is 1. The fourth-order valence-corrected chi connectivity index (χ4v) is 5.22. The summed E-state index contributed by atoms with van der Waals surface area (Å²) >= 11 is 0. The highest BCUT2D eigenvalue weighted by Gasteiger charge is 2.43. The Morgan fingerprint density at radius 2 is 1.76 bits per heavy atom. The van der Waals surface area contributed by atoms with E-state index in [1.165, 1.54) is 12.7 Å². The van der Waals surface area contributed by atoms with Crippen molar-refractivity contribution in [2.75, 3.05) is 18.6 Å². The van der Waals surface area contributed by atoms with Gasteiger partial charge in [-0.25, -0.2) is 4.79 Å². The van der Waals surface area contributed by atoms with Crippen LogP contribution < -0.4 is 10.2 Å². The molecule has 5 nitrogen and oxygen atoms in total. The van der Waals surface area contributed by atoms with Gasteiger partial charge in [-0.3, -0.25) is 4.79 Å². The van der Waals surface area contributed by atoms with E-state index in [-0.39, 0.29) is 11.2 Å². The highest BCUT2D eigenvalue weighted by atomic mass is 16.5. The average molecular weight is 459 g/mol. The molecule has 1 heterocycles. The molecule has 1 atom stereocenters. The largest absolute Gasteiger partial charge is 0.466 e. The number of allylic oxidation sites excluding steroid dienone is 3. The molecule has 4 rings (SSSR count). The van der Waals surface area contributed by atoms with Crippen molar-refractivity contribution in [1.29, 1.82) is 0 Å². The Labute approximate surface area is 202 Å². The lowest BCUT2D eigenvalue weighted by Crippen LogP contribution is -2.38. The Bertz CT molecular complexity index is 1140. The molecule has 0 fully saturated rings. The third-order valence-corrected chi connectivity index (χ3v) is 6.83. The third-order valence-electron chi connectivity index (χ3n) is 6.83. The Balaban J connectivity index is 1.72. The molecule has 0 spiro atoms.